The number of likely N-dealkylation sites (tertiary alicyclic amines) is 1. The molecule has 2 aromatic rings. The predicted octanol–water partition coefficient (Wildman–Crippen LogP) is 3.55. The second-order valence-corrected chi connectivity index (χ2v) is 5.85. The molecule has 0 radical (unpaired) electrons. The van der Waals surface area contributed by atoms with E-state index in [0.29, 0.717) is 11.3 Å². The van der Waals surface area contributed by atoms with Gasteiger partial charge in [-0.3, -0.25) is 9.59 Å². The highest BCUT2D eigenvalue weighted by atomic mass is 16.3. The normalized spacial score (nSPS) is 17.8. The number of rotatable bonds is 3. The molecule has 3 rings (SSSR count). The average molecular weight is 312 g/mol. The molecule has 1 saturated heterocycles. The Hall–Kier alpha value is -2.56. The molecular formula is C18H20N2O3. The minimum Gasteiger partial charge on any atom is -0.459 e. The number of piperidine rings is 1. The molecule has 2 heterocycles. The standard InChI is InChI=1S/C18H20N2O3/c1-13-5-2-3-11-20(13)18(22)14-7-9-15(10-8-14)19-17(21)16-6-4-12-23-16/h4,6-10,12-13H,2-3,5,11H2,1H3,(H,19,21). The van der Waals surface area contributed by atoms with Crippen molar-refractivity contribution in [1.29, 1.82) is 0 Å². The van der Waals surface area contributed by atoms with E-state index in [2.05, 4.69) is 12.2 Å². The van der Waals surface area contributed by atoms with Crippen molar-refractivity contribution in [1.82, 2.24) is 4.90 Å². The van der Waals surface area contributed by atoms with E-state index in [1.165, 1.54) is 12.7 Å². The monoisotopic (exact) mass is 312 g/mol. The van der Waals surface area contributed by atoms with Gasteiger partial charge in [-0.2, -0.15) is 0 Å². The van der Waals surface area contributed by atoms with E-state index in [1.54, 1.807) is 36.4 Å². The van der Waals surface area contributed by atoms with Gasteiger partial charge in [-0.15, -0.1) is 0 Å². The van der Waals surface area contributed by atoms with Crippen molar-refractivity contribution in [3.05, 3.63) is 54.0 Å². The molecular weight excluding hydrogens is 292 g/mol. The number of nitrogens with one attached hydrogen (secondary N) is 1. The van der Waals surface area contributed by atoms with E-state index in [4.69, 9.17) is 4.42 Å². The van der Waals surface area contributed by atoms with Crippen molar-refractivity contribution in [2.45, 2.75) is 32.2 Å². The van der Waals surface area contributed by atoms with E-state index in [9.17, 15) is 9.59 Å². The maximum absolute atomic E-state index is 12.6. The van der Waals surface area contributed by atoms with Crippen molar-refractivity contribution in [2.24, 2.45) is 0 Å². The second-order valence-electron chi connectivity index (χ2n) is 5.85. The van der Waals surface area contributed by atoms with Gasteiger partial charge in [0.05, 0.1) is 6.26 Å². The maximum atomic E-state index is 12.6. The van der Waals surface area contributed by atoms with Gasteiger partial charge in [0.15, 0.2) is 5.76 Å². The first-order valence-corrected chi connectivity index (χ1v) is 7.91. The molecule has 1 N–H and O–H groups in total. The summed E-state index contributed by atoms with van der Waals surface area (Å²) in [5.41, 5.74) is 1.28. The number of carbonyl (C=O) groups is 2. The zero-order valence-electron chi connectivity index (χ0n) is 13.1. The zero-order valence-corrected chi connectivity index (χ0v) is 13.1. The molecule has 0 spiro atoms. The SMILES string of the molecule is CC1CCCCN1C(=O)c1ccc(NC(=O)c2ccco2)cc1. The van der Waals surface area contributed by atoms with Crippen molar-refractivity contribution in [3.63, 3.8) is 0 Å². The minimum atomic E-state index is -0.307. The van der Waals surface area contributed by atoms with Gasteiger partial charge in [0.25, 0.3) is 11.8 Å². The first kappa shape index (κ1) is 15.3. The van der Waals surface area contributed by atoms with E-state index < -0.39 is 0 Å². The molecule has 1 aromatic heterocycles. The first-order valence-electron chi connectivity index (χ1n) is 7.91. The largest absolute Gasteiger partial charge is 0.459 e. The van der Waals surface area contributed by atoms with E-state index in [0.717, 1.165) is 19.4 Å². The molecule has 1 aromatic carbocycles. The number of carbonyl (C=O) groups excluding carboxylic acids is 2. The van der Waals surface area contributed by atoms with Gasteiger partial charge in [-0.1, -0.05) is 0 Å². The molecule has 1 aliphatic heterocycles. The fourth-order valence-electron chi connectivity index (χ4n) is 2.86. The topological polar surface area (TPSA) is 62.6 Å². The summed E-state index contributed by atoms with van der Waals surface area (Å²) < 4.78 is 5.05. The summed E-state index contributed by atoms with van der Waals surface area (Å²) >= 11 is 0. The van der Waals surface area contributed by atoms with Crippen LogP contribution in [0.25, 0.3) is 0 Å². The van der Waals surface area contributed by atoms with E-state index in [1.807, 2.05) is 4.90 Å². The van der Waals surface area contributed by atoms with Crippen LogP contribution in [0.15, 0.2) is 47.1 Å². The van der Waals surface area contributed by atoms with Crippen LogP contribution in [0.1, 0.15) is 47.1 Å². The maximum Gasteiger partial charge on any atom is 0.291 e. The number of anilines is 1. The Morgan fingerprint density at radius 3 is 2.61 bits per heavy atom. The number of nitrogens with zero attached hydrogens (tertiary/aromatic N) is 1. The van der Waals surface area contributed by atoms with Gasteiger partial charge in [-0.05, 0) is 62.6 Å². The summed E-state index contributed by atoms with van der Waals surface area (Å²) in [5.74, 6) is 0.00661. The number of amides is 2. The molecule has 5 nitrogen and oxygen atoms in total. The Kier molecular flexibility index (Phi) is 4.46. The van der Waals surface area contributed by atoms with E-state index in [-0.39, 0.29) is 23.6 Å². The molecule has 2 amide bonds. The lowest BCUT2D eigenvalue weighted by Crippen LogP contribution is -2.42. The second kappa shape index (κ2) is 6.69. The zero-order chi connectivity index (χ0) is 16.2. The van der Waals surface area contributed by atoms with Gasteiger partial charge in [0.2, 0.25) is 0 Å². The van der Waals surface area contributed by atoms with Crippen molar-refractivity contribution < 1.29 is 14.0 Å². The van der Waals surface area contributed by atoms with Crippen LogP contribution in [0.3, 0.4) is 0 Å². The van der Waals surface area contributed by atoms with Crippen LogP contribution in [-0.4, -0.2) is 29.3 Å². The van der Waals surface area contributed by atoms with Gasteiger partial charge in [0, 0.05) is 23.8 Å². The van der Waals surface area contributed by atoms with E-state index >= 15 is 0 Å². The lowest BCUT2D eigenvalue weighted by molar-refractivity contribution is 0.0635. The Morgan fingerprint density at radius 1 is 1.17 bits per heavy atom. The molecule has 1 atom stereocenters. The molecule has 0 saturated carbocycles. The van der Waals surface area contributed by atoms with Crippen LogP contribution in [0.5, 0.6) is 0 Å². The van der Waals surface area contributed by atoms with Crippen LogP contribution in [0.4, 0.5) is 5.69 Å². The lowest BCUT2D eigenvalue weighted by atomic mass is 10.0. The third-order valence-corrected chi connectivity index (χ3v) is 4.20. The van der Waals surface area contributed by atoms with Crippen LogP contribution in [0.2, 0.25) is 0 Å². The number of hydrogen-bond donors (Lipinski definition) is 1. The molecule has 1 fully saturated rings. The first-order chi connectivity index (χ1) is 11.1. The average Bonchev–Trinajstić information content (AvgIpc) is 3.10. The predicted molar refractivity (Wildman–Crippen MR) is 87.5 cm³/mol. The van der Waals surface area contributed by atoms with Gasteiger partial charge in [-0.25, -0.2) is 0 Å². The Bertz CT molecular complexity index is 677. The molecule has 1 unspecified atom stereocenters. The van der Waals surface area contributed by atoms with Gasteiger partial charge < -0.3 is 14.6 Å². The number of benzene rings is 1. The highest BCUT2D eigenvalue weighted by Gasteiger charge is 2.24. The molecule has 0 aliphatic carbocycles. The highest BCUT2D eigenvalue weighted by Crippen LogP contribution is 2.20. The quantitative estimate of drug-likeness (QED) is 0.942. The van der Waals surface area contributed by atoms with Crippen LogP contribution >= 0.6 is 0 Å². The summed E-state index contributed by atoms with van der Waals surface area (Å²) in [4.78, 5) is 26.4. The number of furan rings is 1. The fraction of sp³-hybridized carbons (Fsp3) is 0.333. The summed E-state index contributed by atoms with van der Waals surface area (Å²) in [6, 6.07) is 10.5. The summed E-state index contributed by atoms with van der Waals surface area (Å²) in [5, 5.41) is 2.74. The van der Waals surface area contributed by atoms with Gasteiger partial charge in [0.1, 0.15) is 0 Å². The smallest absolute Gasteiger partial charge is 0.291 e. The summed E-state index contributed by atoms with van der Waals surface area (Å²) in [7, 11) is 0. The summed E-state index contributed by atoms with van der Waals surface area (Å²) in [6.07, 6.45) is 4.76. The highest BCUT2D eigenvalue weighted by molar-refractivity contribution is 6.02. The molecule has 23 heavy (non-hydrogen) atoms. The van der Waals surface area contributed by atoms with Crippen molar-refractivity contribution >= 4 is 17.5 Å². The van der Waals surface area contributed by atoms with Crippen LogP contribution < -0.4 is 5.32 Å². The molecule has 1 aliphatic rings. The Morgan fingerprint density at radius 2 is 1.96 bits per heavy atom. The number of hydrogen-bond acceptors (Lipinski definition) is 3. The molecule has 0 bridgehead atoms. The van der Waals surface area contributed by atoms with Crippen LogP contribution in [0, 0.1) is 0 Å². The Labute approximate surface area is 135 Å². The fourth-order valence-corrected chi connectivity index (χ4v) is 2.86. The third kappa shape index (κ3) is 3.44. The van der Waals surface area contributed by atoms with Crippen molar-refractivity contribution in [2.75, 3.05) is 11.9 Å². The van der Waals surface area contributed by atoms with Crippen LogP contribution in [-0.2, 0) is 0 Å². The lowest BCUT2D eigenvalue weighted by Gasteiger charge is -2.33. The summed E-state index contributed by atoms with van der Waals surface area (Å²) in [6.45, 7) is 2.91. The van der Waals surface area contributed by atoms with Gasteiger partial charge >= 0.3 is 0 Å². The minimum absolute atomic E-state index is 0.0566. The Balaban J connectivity index is 1.67. The molecule has 5 heteroatoms. The molecule has 120 valence electrons. The third-order valence-electron chi connectivity index (χ3n) is 4.20. The van der Waals surface area contributed by atoms with Crippen molar-refractivity contribution in [3.8, 4) is 0 Å².